The number of fused-ring (bicyclic) bond motifs is 2. The Hall–Kier alpha value is -1.09. The summed E-state index contributed by atoms with van der Waals surface area (Å²) in [5.41, 5.74) is 1.40. The van der Waals surface area contributed by atoms with Crippen LogP contribution in [0.15, 0.2) is 23.1 Å². The molecule has 0 amide bonds. The van der Waals surface area contributed by atoms with Gasteiger partial charge in [-0.25, -0.2) is 8.42 Å². The molecule has 2 aliphatic rings. The van der Waals surface area contributed by atoms with Crippen LogP contribution in [0.2, 0.25) is 0 Å². The zero-order valence-electron chi connectivity index (χ0n) is 15.1. The maximum absolute atomic E-state index is 13.4. The molecule has 2 atom stereocenters. The average Bonchev–Trinajstić information content (AvgIpc) is 3.08. The van der Waals surface area contributed by atoms with Crippen LogP contribution in [0.3, 0.4) is 0 Å². The van der Waals surface area contributed by atoms with Gasteiger partial charge in [-0.1, -0.05) is 19.9 Å². The van der Waals surface area contributed by atoms with Crippen molar-refractivity contribution in [3.05, 3.63) is 18.2 Å². The molecule has 136 valence electrons. The van der Waals surface area contributed by atoms with Crippen LogP contribution >= 0.6 is 11.7 Å². The predicted octanol–water partition coefficient (Wildman–Crippen LogP) is 2.29. The molecule has 25 heavy (non-hydrogen) atoms. The van der Waals surface area contributed by atoms with Gasteiger partial charge in [-0.3, -0.25) is 0 Å². The van der Waals surface area contributed by atoms with E-state index in [9.17, 15) is 8.42 Å². The zero-order valence-corrected chi connectivity index (χ0v) is 16.7. The highest BCUT2D eigenvalue weighted by molar-refractivity contribution is 7.89. The third kappa shape index (κ3) is 2.53. The first-order valence-corrected chi connectivity index (χ1v) is 10.7. The molecule has 1 saturated heterocycles. The highest BCUT2D eigenvalue weighted by Gasteiger charge is 2.64. The Kier molecular flexibility index (Phi) is 3.78. The van der Waals surface area contributed by atoms with Gasteiger partial charge >= 0.3 is 0 Å². The Morgan fingerprint density at radius 3 is 2.76 bits per heavy atom. The van der Waals surface area contributed by atoms with E-state index in [1.165, 1.54) is 0 Å². The molecule has 1 aliphatic heterocycles. The number of hydrogen-bond donors (Lipinski definition) is 0. The van der Waals surface area contributed by atoms with Gasteiger partial charge in [0.05, 0.1) is 11.7 Å². The summed E-state index contributed by atoms with van der Waals surface area (Å²) >= 11 is 1.06. The van der Waals surface area contributed by atoms with E-state index in [2.05, 4.69) is 41.6 Å². The second kappa shape index (κ2) is 5.45. The van der Waals surface area contributed by atoms with Crippen molar-refractivity contribution in [2.24, 2.45) is 16.7 Å². The predicted molar refractivity (Wildman–Crippen MR) is 99.0 cm³/mol. The monoisotopic (exact) mass is 380 g/mol. The summed E-state index contributed by atoms with van der Waals surface area (Å²) < 4.78 is 36.8. The van der Waals surface area contributed by atoms with Crippen molar-refractivity contribution in [3.63, 3.8) is 0 Å². The second-order valence-corrected chi connectivity index (χ2v) is 10.9. The smallest absolute Gasteiger partial charge is 0.245 e. The van der Waals surface area contributed by atoms with E-state index in [0.717, 1.165) is 24.7 Å². The number of sulfonamides is 1. The molecule has 2 fully saturated rings. The van der Waals surface area contributed by atoms with Gasteiger partial charge in [-0.2, -0.15) is 13.1 Å². The lowest BCUT2D eigenvalue weighted by Gasteiger charge is -2.57. The van der Waals surface area contributed by atoms with Crippen LogP contribution in [-0.4, -0.2) is 60.1 Å². The molecule has 1 aliphatic carbocycles. The minimum atomic E-state index is -3.57. The van der Waals surface area contributed by atoms with Crippen molar-refractivity contribution < 1.29 is 8.42 Å². The van der Waals surface area contributed by atoms with Crippen LogP contribution in [-0.2, 0) is 10.0 Å². The van der Waals surface area contributed by atoms with Crippen molar-refractivity contribution in [2.75, 3.05) is 33.7 Å². The van der Waals surface area contributed by atoms with Crippen LogP contribution in [0, 0.1) is 16.7 Å². The topological polar surface area (TPSA) is 66.4 Å². The summed E-state index contributed by atoms with van der Waals surface area (Å²) in [4.78, 5) is 2.47. The molecular formula is C17H24N4O2S2. The second-order valence-electron chi connectivity index (χ2n) is 8.50. The first kappa shape index (κ1) is 17.3. The molecular weight excluding hydrogens is 356 g/mol. The highest BCUT2D eigenvalue weighted by atomic mass is 32.2. The Morgan fingerprint density at radius 1 is 1.32 bits per heavy atom. The van der Waals surface area contributed by atoms with Gasteiger partial charge < -0.3 is 4.90 Å². The summed E-state index contributed by atoms with van der Waals surface area (Å²) in [6, 6.07) is 5.21. The molecule has 1 aromatic carbocycles. The van der Waals surface area contributed by atoms with E-state index in [1.54, 1.807) is 16.4 Å². The number of hydrogen-bond acceptors (Lipinski definition) is 6. The zero-order chi connectivity index (χ0) is 18.0. The van der Waals surface area contributed by atoms with E-state index in [4.69, 9.17) is 0 Å². The van der Waals surface area contributed by atoms with E-state index in [0.29, 0.717) is 30.0 Å². The third-order valence-electron chi connectivity index (χ3n) is 5.87. The first-order valence-electron chi connectivity index (χ1n) is 8.52. The van der Waals surface area contributed by atoms with Gasteiger partial charge in [0.2, 0.25) is 10.0 Å². The fourth-order valence-electron chi connectivity index (χ4n) is 5.24. The van der Waals surface area contributed by atoms with Gasteiger partial charge in [0.15, 0.2) is 0 Å². The van der Waals surface area contributed by atoms with Crippen molar-refractivity contribution in [2.45, 2.75) is 25.2 Å². The van der Waals surface area contributed by atoms with Crippen LogP contribution in [0.4, 0.5) is 0 Å². The molecule has 6 nitrogen and oxygen atoms in total. The molecule has 8 heteroatoms. The molecule has 1 aromatic heterocycles. The van der Waals surface area contributed by atoms with Crippen molar-refractivity contribution in [3.8, 4) is 0 Å². The minimum absolute atomic E-state index is 0.0638. The normalized spacial score (nSPS) is 29.1. The number of nitrogens with zero attached hydrogens (tertiary/aromatic N) is 4. The summed E-state index contributed by atoms with van der Waals surface area (Å²) in [5, 5.41) is 0. The average molecular weight is 381 g/mol. The van der Waals surface area contributed by atoms with Crippen LogP contribution < -0.4 is 0 Å². The molecule has 2 heterocycles. The van der Waals surface area contributed by atoms with Gasteiger partial charge in [-0.15, -0.1) is 0 Å². The standard InChI is InChI=1S/C17H24N4O2S2/c1-16(2)9-17(10-20(3)4)11-21(8-14(16)17)25(22,23)13-7-5-6-12-15(13)19-24-18-12/h5-7,14H,8-11H2,1-4H3/t14-,17+/m1/s1. The molecule has 0 N–H and O–H groups in total. The van der Waals surface area contributed by atoms with E-state index in [-0.39, 0.29) is 15.7 Å². The lowest BCUT2D eigenvalue weighted by atomic mass is 9.48. The van der Waals surface area contributed by atoms with Gasteiger partial charge in [0, 0.05) is 25.0 Å². The maximum Gasteiger partial charge on any atom is 0.245 e. The Balaban J connectivity index is 1.72. The molecule has 1 saturated carbocycles. The van der Waals surface area contributed by atoms with Gasteiger partial charge in [0.1, 0.15) is 15.9 Å². The fraction of sp³-hybridized carbons (Fsp3) is 0.647. The number of rotatable bonds is 4. The summed E-state index contributed by atoms with van der Waals surface area (Å²) in [6.45, 7) is 6.63. The largest absolute Gasteiger partial charge is 0.309 e. The minimum Gasteiger partial charge on any atom is -0.309 e. The lowest BCUT2D eigenvalue weighted by molar-refractivity contribution is -0.0789. The summed E-state index contributed by atoms with van der Waals surface area (Å²) in [5.74, 6) is 0.393. The highest BCUT2D eigenvalue weighted by Crippen LogP contribution is 2.63. The quantitative estimate of drug-likeness (QED) is 0.814. The SMILES string of the molecule is CN(C)C[C@@]12CN(S(=O)(=O)c3cccc4nsnc34)C[C@@H]1C(C)(C)C2. The molecule has 4 rings (SSSR count). The molecule has 2 aromatic rings. The number of aromatic nitrogens is 2. The Morgan fingerprint density at radius 2 is 2.08 bits per heavy atom. The molecule has 0 spiro atoms. The lowest BCUT2D eigenvalue weighted by Crippen LogP contribution is -2.57. The van der Waals surface area contributed by atoms with E-state index in [1.807, 2.05) is 6.07 Å². The van der Waals surface area contributed by atoms with Gasteiger partial charge in [-0.05, 0) is 44.0 Å². The third-order valence-corrected chi connectivity index (χ3v) is 8.25. The molecule has 0 radical (unpaired) electrons. The summed E-state index contributed by atoms with van der Waals surface area (Å²) in [7, 11) is 0.565. The Labute approximate surface area is 153 Å². The Bertz CT molecular complexity index is 918. The maximum atomic E-state index is 13.4. The van der Waals surface area contributed by atoms with Crippen LogP contribution in [0.5, 0.6) is 0 Å². The van der Waals surface area contributed by atoms with Crippen LogP contribution in [0.25, 0.3) is 11.0 Å². The molecule has 0 unspecified atom stereocenters. The van der Waals surface area contributed by atoms with Crippen LogP contribution in [0.1, 0.15) is 20.3 Å². The summed E-state index contributed by atoms with van der Waals surface area (Å²) in [6.07, 6.45) is 1.07. The van der Waals surface area contributed by atoms with Crippen molar-refractivity contribution in [1.29, 1.82) is 0 Å². The fourth-order valence-corrected chi connectivity index (χ4v) is 7.54. The number of benzene rings is 1. The van der Waals surface area contributed by atoms with E-state index >= 15 is 0 Å². The first-order chi connectivity index (χ1) is 11.7. The molecule has 0 bridgehead atoms. The van der Waals surface area contributed by atoms with Crippen molar-refractivity contribution >= 4 is 32.8 Å². The van der Waals surface area contributed by atoms with E-state index < -0.39 is 10.0 Å². The van der Waals surface area contributed by atoms with Crippen molar-refractivity contribution in [1.82, 2.24) is 18.0 Å². The van der Waals surface area contributed by atoms with Gasteiger partial charge in [0.25, 0.3) is 0 Å².